The van der Waals surface area contributed by atoms with E-state index >= 15 is 0 Å². The maximum atomic E-state index is 12.4. The summed E-state index contributed by atoms with van der Waals surface area (Å²) in [6.07, 6.45) is 1.99. The van der Waals surface area contributed by atoms with Crippen molar-refractivity contribution in [2.24, 2.45) is 5.10 Å². The van der Waals surface area contributed by atoms with Gasteiger partial charge in [-0.05, 0) is 65.2 Å². The molecule has 1 aliphatic rings. The SMILES string of the molecule is C=CCOc1c(Br)cc(/C=N\N[C@H](O)COc2ccc([C@H]3NC(=O)NC(C)=C3C(=O)OC)cc2OCC)cc1OC. The number of carbonyl (C=O) groups is 2. The molecule has 0 aromatic heterocycles. The van der Waals surface area contributed by atoms with E-state index in [1.807, 2.05) is 6.92 Å². The van der Waals surface area contributed by atoms with Crippen molar-refractivity contribution in [1.29, 1.82) is 0 Å². The standard InChI is InChI=1S/C28H33BrN4O8/c1-6-10-40-26-19(29)11-17(12-22(26)37-4)14-30-33-23(34)15-41-20-9-8-18(13-21(20)39-7-2)25-24(27(35)38-5)16(3)31-28(36)32-25/h6,8-9,11-14,23,25,33-34H,1,7,10,15H2,2-5H3,(H2,31,32,36)/b30-14-/t23-,25-/m1/s1. The Bertz CT molecular complexity index is 1330. The second-order valence-corrected chi connectivity index (χ2v) is 9.40. The number of halogens is 1. The van der Waals surface area contributed by atoms with Gasteiger partial charge < -0.3 is 39.4 Å². The fourth-order valence-corrected chi connectivity index (χ4v) is 4.49. The summed E-state index contributed by atoms with van der Waals surface area (Å²) in [5.41, 5.74) is 4.54. The third-order valence-electron chi connectivity index (χ3n) is 5.71. The van der Waals surface area contributed by atoms with Crippen LogP contribution in [0, 0.1) is 0 Å². The summed E-state index contributed by atoms with van der Waals surface area (Å²) in [4.78, 5) is 24.5. The van der Waals surface area contributed by atoms with Gasteiger partial charge in [-0.15, -0.1) is 0 Å². The number of allylic oxidation sites excluding steroid dienone is 1. The van der Waals surface area contributed by atoms with Gasteiger partial charge in [0.15, 0.2) is 29.2 Å². The first-order valence-electron chi connectivity index (χ1n) is 12.6. The summed E-state index contributed by atoms with van der Waals surface area (Å²) in [7, 11) is 2.80. The van der Waals surface area contributed by atoms with Crippen LogP contribution < -0.4 is 35.0 Å². The molecule has 1 aliphatic heterocycles. The minimum atomic E-state index is -1.15. The van der Waals surface area contributed by atoms with Crippen LogP contribution in [0.3, 0.4) is 0 Å². The molecule has 0 unspecified atom stereocenters. The van der Waals surface area contributed by atoms with Crippen LogP contribution >= 0.6 is 15.9 Å². The van der Waals surface area contributed by atoms with Crippen molar-refractivity contribution in [3.8, 4) is 23.0 Å². The molecule has 0 spiro atoms. The van der Waals surface area contributed by atoms with Gasteiger partial charge in [0.25, 0.3) is 0 Å². The van der Waals surface area contributed by atoms with E-state index in [0.717, 1.165) is 0 Å². The Kier molecular flexibility index (Phi) is 11.4. The van der Waals surface area contributed by atoms with Crippen LogP contribution in [0.4, 0.5) is 4.79 Å². The molecule has 2 aromatic rings. The molecule has 1 heterocycles. The number of carbonyl (C=O) groups excluding carboxylic acids is 2. The highest BCUT2D eigenvalue weighted by Crippen LogP contribution is 2.37. The van der Waals surface area contributed by atoms with Crippen LogP contribution in [0.25, 0.3) is 0 Å². The molecule has 4 N–H and O–H groups in total. The van der Waals surface area contributed by atoms with Crippen molar-refractivity contribution in [1.82, 2.24) is 16.1 Å². The van der Waals surface area contributed by atoms with E-state index in [2.05, 4.69) is 43.7 Å². The number of nitrogens with one attached hydrogen (secondary N) is 3. The predicted octanol–water partition coefficient (Wildman–Crippen LogP) is 3.54. The Hall–Kier alpha value is -4.23. The zero-order valence-corrected chi connectivity index (χ0v) is 24.7. The van der Waals surface area contributed by atoms with Crippen LogP contribution in [0.1, 0.15) is 31.0 Å². The van der Waals surface area contributed by atoms with Crippen molar-refractivity contribution in [2.75, 3.05) is 34.0 Å². The molecule has 0 fully saturated rings. The molecule has 0 saturated heterocycles. The first kappa shape index (κ1) is 31.3. The third-order valence-corrected chi connectivity index (χ3v) is 6.30. The molecule has 0 aliphatic carbocycles. The zero-order valence-electron chi connectivity index (χ0n) is 23.2. The van der Waals surface area contributed by atoms with Gasteiger partial charge in [0.1, 0.15) is 13.2 Å². The van der Waals surface area contributed by atoms with Crippen molar-refractivity contribution < 1.29 is 38.4 Å². The van der Waals surface area contributed by atoms with Crippen molar-refractivity contribution in [3.05, 3.63) is 69.9 Å². The number of aliphatic hydroxyl groups excluding tert-OH is 1. The Morgan fingerprint density at radius 2 is 1.98 bits per heavy atom. The van der Waals surface area contributed by atoms with Gasteiger partial charge in [-0.2, -0.15) is 5.10 Å². The van der Waals surface area contributed by atoms with Crippen LogP contribution in [0.5, 0.6) is 23.0 Å². The monoisotopic (exact) mass is 632 g/mol. The number of ether oxygens (including phenoxy) is 5. The van der Waals surface area contributed by atoms with Crippen molar-refractivity contribution in [2.45, 2.75) is 26.1 Å². The van der Waals surface area contributed by atoms with E-state index in [0.29, 0.717) is 57.5 Å². The number of amides is 2. The molecule has 2 aromatic carbocycles. The lowest BCUT2D eigenvalue weighted by molar-refractivity contribution is -0.136. The molecule has 0 bridgehead atoms. The Labute approximate surface area is 246 Å². The van der Waals surface area contributed by atoms with Crippen molar-refractivity contribution >= 4 is 34.1 Å². The second kappa shape index (κ2) is 15.0. The highest BCUT2D eigenvalue weighted by molar-refractivity contribution is 9.10. The molecule has 220 valence electrons. The zero-order chi connectivity index (χ0) is 29.9. The largest absolute Gasteiger partial charge is 0.493 e. The van der Waals surface area contributed by atoms with Crippen LogP contribution in [-0.4, -0.2) is 63.6 Å². The summed E-state index contributed by atoms with van der Waals surface area (Å²) in [5, 5.41) is 19.8. The minimum absolute atomic E-state index is 0.158. The van der Waals surface area contributed by atoms with Crippen LogP contribution in [0.15, 0.2) is 63.8 Å². The maximum Gasteiger partial charge on any atom is 0.337 e. The summed E-state index contributed by atoms with van der Waals surface area (Å²) in [6, 6.07) is 7.31. The van der Waals surface area contributed by atoms with E-state index in [1.165, 1.54) is 20.4 Å². The van der Waals surface area contributed by atoms with E-state index in [-0.39, 0.29) is 12.2 Å². The average molecular weight is 633 g/mol. The fraction of sp³-hybridized carbons (Fsp3) is 0.321. The van der Waals surface area contributed by atoms with Gasteiger partial charge in [-0.3, -0.25) is 5.43 Å². The van der Waals surface area contributed by atoms with Gasteiger partial charge in [0, 0.05) is 5.70 Å². The van der Waals surface area contributed by atoms with Gasteiger partial charge in [0.2, 0.25) is 0 Å². The number of hydrogen-bond acceptors (Lipinski definition) is 10. The number of hydrogen-bond donors (Lipinski definition) is 4. The van der Waals surface area contributed by atoms with E-state index in [9.17, 15) is 14.7 Å². The topological polar surface area (TPSA) is 149 Å². The summed E-state index contributed by atoms with van der Waals surface area (Å²) in [5.74, 6) is 1.19. The van der Waals surface area contributed by atoms with E-state index in [4.69, 9.17) is 23.7 Å². The van der Waals surface area contributed by atoms with Crippen LogP contribution in [-0.2, 0) is 9.53 Å². The lowest BCUT2D eigenvalue weighted by atomic mass is 9.95. The van der Waals surface area contributed by atoms with E-state index < -0.39 is 24.3 Å². The number of nitrogens with zero attached hydrogens (tertiary/aromatic N) is 1. The van der Waals surface area contributed by atoms with Gasteiger partial charge in [-0.1, -0.05) is 18.7 Å². The Morgan fingerprint density at radius 1 is 1.20 bits per heavy atom. The maximum absolute atomic E-state index is 12.4. The normalized spacial score (nSPS) is 15.5. The highest BCUT2D eigenvalue weighted by atomic mass is 79.9. The molecule has 13 heteroatoms. The average Bonchev–Trinajstić information content (AvgIpc) is 2.95. The molecule has 12 nitrogen and oxygen atoms in total. The first-order chi connectivity index (χ1) is 19.7. The third kappa shape index (κ3) is 8.14. The van der Waals surface area contributed by atoms with E-state index in [1.54, 1.807) is 43.3 Å². The molecule has 2 atom stereocenters. The first-order valence-corrected chi connectivity index (χ1v) is 13.4. The Morgan fingerprint density at radius 3 is 2.66 bits per heavy atom. The molecule has 0 radical (unpaired) electrons. The van der Waals surface area contributed by atoms with Gasteiger partial charge >= 0.3 is 12.0 Å². The number of rotatable bonds is 14. The molecule has 0 saturated carbocycles. The number of esters is 1. The second-order valence-electron chi connectivity index (χ2n) is 8.55. The number of methoxy groups -OCH3 is 2. The lowest BCUT2D eigenvalue weighted by Crippen LogP contribution is -2.45. The summed E-state index contributed by atoms with van der Waals surface area (Å²) in [6.45, 7) is 7.57. The highest BCUT2D eigenvalue weighted by Gasteiger charge is 2.32. The number of benzene rings is 2. The Balaban J connectivity index is 1.69. The number of urea groups is 1. The summed E-state index contributed by atoms with van der Waals surface area (Å²) < 4.78 is 28.1. The summed E-state index contributed by atoms with van der Waals surface area (Å²) >= 11 is 3.46. The number of hydrazone groups is 1. The molecular formula is C28H33BrN4O8. The van der Waals surface area contributed by atoms with Gasteiger partial charge in [-0.25, -0.2) is 9.59 Å². The number of aliphatic hydroxyl groups is 1. The minimum Gasteiger partial charge on any atom is -0.493 e. The predicted molar refractivity (Wildman–Crippen MR) is 155 cm³/mol. The molecular weight excluding hydrogens is 600 g/mol. The quantitative estimate of drug-likeness (QED) is 0.0806. The smallest absolute Gasteiger partial charge is 0.337 e. The molecule has 3 rings (SSSR count). The van der Waals surface area contributed by atoms with Gasteiger partial charge in [0.05, 0.1) is 43.1 Å². The molecule has 41 heavy (non-hydrogen) atoms. The lowest BCUT2D eigenvalue weighted by Gasteiger charge is -2.28. The molecule has 2 amide bonds. The van der Waals surface area contributed by atoms with Crippen molar-refractivity contribution in [3.63, 3.8) is 0 Å². The fourth-order valence-electron chi connectivity index (χ4n) is 3.92. The van der Waals surface area contributed by atoms with Crippen LogP contribution in [0.2, 0.25) is 0 Å².